The van der Waals surface area contributed by atoms with E-state index in [1.54, 1.807) is 36.5 Å². The van der Waals surface area contributed by atoms with Crippen LogP contribution >= 0.6 is 0 Å². The molecule has 1 aliphatic carbocycles. The zero-order valence-corrected chi connectivity index (χ0v) is 28.0. The molecule has 2 amide bonds. The first-order chi connectivity index (χ1) is 23.8. The molecule has 0 radical (unpaired) electrons. The second kappa shape index (κ2) is 15.8. The fourth-order valence-electron chi connectivity index (χ4n) is 6.40. The molecule has 1 aliphatic heterocycles. The fourth-order valence-corrected chi connectivity index (χ4v) is 7.69. The number of benzene rings is 2. The molecule has 2 aliphatic rings. The molecule has 2 aromatic heterocycles. The van der Waals surface area contributed by atoms with Gasteiger partial charge in [-0.2, -0.15) is 0 Å². The van der Waals surface area contributed by atoms with Crippen LogP contribution in [0.2, 0.25) is 0 Å². The van der Waals surface area contributed by atoms with Crippen LogP contribution in [0.1, 0.15) is 44.1 Å². The average Bonchev–Trinajstić information content (AvgIpc) is 3.68. The van der Waals surface area contributed by atoms with Gasteiger partial charge in [0, 0.05) is 47.6 Å². The molecule has 1 atom stereocenters. The van der Waals surface area contributed by atoms with Crippen LogP contribution in [-0.2, 0) is 26.0 Å². The number of aromatic nitrogens is 5. The topological polar surface area (TPSA) is 210 Å². The van der Waals surface area contributed by atoms with E-state index < -0.39 is 16.1 Å². The van der Waals surface area contributed by atoms with Crippen LogP contribution < -0.4 is 26.4 Å². The van der Waals surface area contributed by atoms with Gasteiger partial charge >= 0.3 is 0 Å². The van der Waals surface area contributed by atoms with Gasteiger partial charge in [0.25, 0.3) is 0 Å². The first-order valence-electron chi connectivity index (χ1n) is 16.7. The fraction of sp³-hybridized carbons (Fsp3) is 0.412. The van der Waals surface area contributed by atoms with Gasteiger partial charge in [-0.05, 0) is 116 Å². The molecule has 0 unspecified atom stereocenters. The maximum atomic E-state index is 13.7. The van der Waals surface area contributed by atoms with Gasteiger partial charge in [-0.25, -0.2) is 18.2 Å². The lowest BCUT2D eigenvalue weighted by atomic mass is 9.81. The number of carbonyl (C=O) groups is 2. The number of carbonyl (C=O) groups excluding carboxylic acids is 2. The molecule has 0 bridgehead atoms. The zero-order chi connectivity index (χ0) is 34.2. The quantitative estimate of drug-likeness (QED) is 0.128. The summed E-state index contributed by atoms with van der Waals surface area (Å²) < 4.78 is 29.0. The van der Waals surface area contributed by atoms with E-state index in [4.69, 9.17) is 5.73 Å². The highest BCUT2D eigenvalue weighted by molar-refractivity contribution is 7.89. The lowest BCUT2D eigenvalue weighted by molar-refractivity contribution is -0.130. The van der Waals surface area contributed by atoms with Crippen LogP contribution in [0.5, 0.6) is 0 Å². The van der Waals surface area contributed by atoms with E-state index in [2.05, 4.69) is 46.3 Å². The van der Waals surface area contributed by atoms with E-state index in [0.29, 0.717) is 29.5 Å². The highest BCUT2D eigenvalue weighted by atomic mass is 32.2. The van der Waals surface area contributed by atoms with Crippen molar-refractivity contribution in [2.45, 2.75) is 61.9 Å². The molecule has 258 valence electrons. The van der Waals surface area contributed by atoms with Gasteiger partial charge in [-0.15, -0.1) is 5.10 Å². The van der Waals surface area contributed by atoms with Crippen molar-refractivity contribution in [1.82, 2.24) is 41.0 Å². The second-order valence-electron chi connectivity index (χ2n) is 12.8. The third kappa shape index (κ3) is 8.92. The van der Waals surface area contributed by atoms with E-state index in [1.807, 2.05) is 24.3 Å². The van der Waals surface area contributed by atoms with Crippen LogP contribution in [0.3, 0.4) is 0 Å². The smallest absolute Gasteiger partial charge is 0.247 e. The summed E-state index contributed by atoms with van der Waals surface area (Å²) in [6, 6.07) is 15.2. The number of amides is 2. The molecule has 2 aromatic carbocycles. The van der Waals surface area contributed by atoms with Crippen LogP contribution in [0, 0.1) is 11.8 Å². The van der Waals surface area contributed by atoms with E-state index in [9.17, 15) is 18.0 Å². The number of nitrogens with zero attached hydrogens (tertiary/aromatic N) is 4. The van der Waals surface area contributed by atoms with E-state index >= 15 is 0 Å². The molecule has 7 N–H and O–H groups in total. The third-order valence-electron chi connectivity index (χ3n) is 9.37. The second-order valence-corrected chi connectivity index (χ2v) is 14.5. The molecule has 1 saturated carbocycles. The Morgan fingerprint density at radius 1 is 0.898 bits per heavy atom. The van der Waals surface area contributed by atoms with Crippen molar-refractivity contribution in [3.63, 3.8) is 0 Å². The number of piperidine rings is 1. The Hall–Kier alpha value is -4.57. The summed E-state index contributed by atoms with van der Waals surface area (Å²) in [5.41, 5.74) is 9.43. The lowest BCUT2D eigenvalue weighted by Gasteiger charge is -2.28. The number of pyridine rings is 1. The highest BCUT2D eigenvalue weighted by Crippen LogP contribution is 2.29. The summed E-state index contributed by atoms with van der Waals surface area (Å²) in [7, 11) is -3.73. The van der Waals surface area contributed by atoms with Gasteiger partial charge in [0.05, 0.1) is 0 Å². The van der Waals surface area contributed by atoms with Crippen LogP contribution in [0.25, 0.3) is 22.5 Å². The molecule has 0 spiro atoms. The van der Waals surface area contributed by atoms with Crippen molar-refractivity contribution >= 4 is 27.5 Å². The zero-order valence-electron chi connectivity index (χ0n) is 27.1. The SMILES string of the molecule is NC[C@H]1CC[C@H](C(=O)N[C@@H](Cc2ccc(-c3cncc(S(=O)(=O)NC4CCNCC4)c3)cc2)C(=O)Nc2ccc(-c3nnn[nH]3)cc2)CC1. The van der Waals surface area contributed by atoms with E-state index in [1.165, 1.54) is 6.20 Å². The minimum atomic E-state index is -3.73. The number of anilines is 1. The van der Waals surface area contributed by atoms with Gasteiger partial charge in [-0.1, -0.05) is 24.3 Å². The van der Waals surface area contributed by atoms with Crippen LogP contribution in [0.15, 0.2) is 71.9 Å². The molecule has 6 rings (SSSR count). The van der Waals surface area contributed by atoms with Gasteiger partial charge in [-0.3, -0.25) is 14.6 Å². The van der Waals surface area contributed by atoms with Crippen molar-refractivity contribution in [1.29, 1.82) is 0 Å². The molecular formula is C34H42N10O4S. The Labute approximate surface area is 285 Å². The van der Waals surface area contributed by atoms with Crippen molar-refractivity contribution in [3.05, 3.63) is 72.6 Å². The van der Waals surface area contributed by atoms with Crippen molar-refractivity contribution in [2.24, 2.45) is 17.6 Å². The normalized spacial score (nSPS) is 19.2. The monoisotopic (exact) mass is 686 g/mol. The summed E-state index contributed by atoms with van der Waals surface area (Å²) in [6.45, 7) is 2.16. The number of hydrogen-bond acceptors (Lipinski definition) is 10. The Bertz CT molecular complexity index is 1800. The van der Waals surface area contributed by atoms with E-state index in [0.717, 1.165) is 68.3 Å². The largest absolute Gasteiger partial charge is 0.344 e. The van der Waals surface area contributed by atoms with Gasteiger partial charge in [0.1, 0.15) is 10.9 Å². The van der Waals surface area contributed by atoms with E-state index in [-0.39, 0.29) is 35.1 Å². The van der Waals surface area contributed by atoms with Crippen molar-refractivity contribution in [2.75, 3.05) is 25.0 Å². The predicted octanol–water partition coefficient (Wildman–Crippen LogP) is 2.39. The Balaban J connectivity index is 1.16. The molecular weight excluding hydrogens is 645 g/mol. The van der Waals surface area contributed by atoms with Crippen LogP contribution in [-0.4, -0.2) is 77.6 Å². The number of hydrogen-bond donors (Lipinski definition) is 6. The molecule has 14 nitrogen and oxygen atoms in total. The molecule has 3 heterocycles. The van der Waals surface area contributed by atoms with Crippen LogP contribution in [0.4, 0.5) is 5.69 Å². The summed E-state index contributed by atoms with van der Waals surface area (Å²) in [5.74, 6) is 0.289. The highest BCUT2D eigenvalue weighted by Gasteiger charge is 2.29. The van der Waals surface area contributed by atoms with Crippen molar-refractivity contribution in [3.8, 4) is 22.5 Å². The summed E-state index contributed by atoms with van der Waals surface area (Å²) in [6.07, 6.45) is 7.97. The van der Waals surface area contributed by atoms with Gasteiger partial charge < -0.3 is 21.7 Å². The number of H-pyrrole nitrogens is 1. The number of tetrazole rings is 1. The Kier molecular flexibility index (Phi) is 11.0. The van der Waals surface area contributed by atoms with Gasteiger partial charge in [0.15, 0.2) is 5.82 Å². The molecule has 49 heavy (non-hydrogen) atoms. The summed E-state index contributed by atoms with van der Waals surface area (Å²) in [4.78, 5) is 31.4. The van der Waals surface area contributed by atoms with Gasteiger partial charge in [0.2, 0.25) is 21.8 Å². The summed E-state index contributed by atoms with van der Waals surface area (Å²) in [5, 5.41) is 23.0. The third-order valence-corrected chi connectivity index (χ3v) is 10.9. The number of rotatable bonds is 12. The first kappa shape index (κ1) is 34.3. The predicted molar refractivity (Wildman–Crippen MR) is 184 cm³/mol. The maximum Gasteiger partial charge on any atom is 0.247 e. The molecule has 4 aromatic rings. The molecule has 1 saturated heterocycles. The Morgan fingerprint density at radius 3 is 2.29 bits per heavy atom. The maximum absolute atomic E-state index is 13.7. The summed E-state index contributed by atoms with van der Waals surface area (Å²) >= 11 is 0. The molecule has 2 fully saturated rings. The first-order valence-corrected chi connectivity index (χ1v) is 18.2. The number of nitrogens with two attached hydrogens (primary N) is 1. The number of nitrogens with one attached hydrogen (secondary N) is 5. The minimum absolute atomic E-state index is 0.109. The standard InChI is InChI=1S/C34H42N10O4S/c35-19-23-3-7-26(8-4-23)33(45)39-31(34(46)38-28-11-9-25(10-12-28)32-40-43-44-41-32)17-22-1-5-24(6-2-22)27-18-30(21-37-20-27)49(47,48)42-29-13-15-36-16-14-29/h1-2,5-6,9-12,18,20-21,23,26,29,31,36,42H,3-4,7-8,13-17,19,35H2,(H,38,46)(H,39,45)(H,40,41,43,44)/t23-,26-,31-/m0/s1. The average molecular weight is 687 g/mol. The number of sulfonamides is 1. The molecule has 15 heteroatoms. The van der Waals surface area contributed by atoms with Crippen molar-refractivity contribution < 1.29 is 18.0 Å². The Morgan fingerprint density at radius 2 is 1.61 bits per heavy atom. The minimum Gasteiger partial charge on any atom is -0.344 e. The number of aromatic amines is 1. The lowest BCUT2D eigenvalue weighted by Crippen LogP contribution is -2.48.